The molecule has 9 heteroatoms. The van der Waals surface area contributed by atoms with Crippen LogP contribution < -0.4 is 9.46 Å². The van der Waals surface area contributed by atoms with Crippen molar-refractivity contribution in [3.8, 4) is 5.75 Å². The number of rotatable bonds is 5. The summed E-state index contributed by atoms with van der Waals surface area (Å²) in [4.78, 5) is 15.2. The fraction of sp³-hybridized carbons (Fsp3) is 0.250. The largest absolute Gasteiger partial charge is 0.497 e. The summed E-state index contributed by atoms with van der Waals surface area (Å²) in [7, 11) is -2.49. The standard InChI is InChI=1S/C16H17N3O5S/c1-9-16(10(2)24-18-9)25(21,22)19-15(20)6-11-8-17-14-5-4-12(23-3)7-13(11)14/h4-5,7-8,17H,6H2,1-3H3,(H,19,20). The molecule has 132 valence electrons. The van der Waals surface area contributed by atoms with Crippen molar-refractivity contribution in [3.63, 3.8) is 0 Å². The molecule has 25 heavy (non-hydrogen) atoms. The molecule has 0 unspecified atom stereocenters. The van der Waals surface area contributed by atoms with Crippen LogP contribution in [-0.2, 0) is 21.2 Å². The highest BCUT2D eigenvalue weighted by Gasteiger charge is 2.26. The van der Waals surface area contributed by atoms with E-state index in [-0.39, 0.29) is 22.8 Å². The highest BCUT2D eigenvalue weighted by Crippen LogP contribution is 2.24. The molecule has 0 aliphatic heterocycles. The molecule has 1 amide bonds. The van der Waals surface area contributed by atoms with Crippen LogP contribution in [-0.4, -0.2) is 31.6 Å². The number of aryl methyl sites for hydroxylation is 2. The van der Waals surface area contributed by atoms with Crippen LogP contribution in [0.3, 0.4) is 0 Å². The summed E-state index contributed by atoms with van der Waals surface area (Å²) in [5.74, 6) is 0.135. The lowest BCUT2D eigenvalue weighted by molar-refractivity contribution is -0.118. The van der Waals surface area contributed by atoms with Gasteiger partial charge in [-0.2, -0.15) is 0 Å². The second kappa shape index (κ2) is 6.25. The number of nitrogens with zero attached hydrogens (tertiary/aromatic N) is 1. The predicted octanol–water partition coefficient (Wildman–Crippen LogP) is 1.83. The van der Waals surface area contributed by atoms with Crippen molar-refractivity contribution in [2.45, 2.75) is 25.2 Å². The van der Waals surface area contributed by atoms with Gasteiger partial charge in [0.05, 0.1) is 13.5 Å². The molecule has 0 radical (unpaired) electrons. The topological polar surface area (TPSA) is 114 Å². The molecule has 0 fully saturated rings. The highest BCUT2D eigenvalue weighted by molar-refractivity contribution is 7.90. The van der Waals surface area contributed by atoms with Crippen LogP contribution >= 0.6 is 0 Å². The number of H-pyrrole nitrogens is 1. The monoisotopic (exact) mass is 363 g/mol. The molecular formula is C16H17N3O5S. The molecule has 1 aromatic carbocycles. The molecule has 0 saturated carbocycles. The molecule has 0 atom stereocenters. The van der Waals surface area contributed by atoms with E-state index in [9.17, 15) is 13.2 Å². The molecule has 3 aromatic rings. The number of carbonyl (C=O) groups is 1. The summed E-state index contributed by atoms with van der Waals surface area (Å²) >= 11 is 0. The number of ether oxygens (including phenoxy) is 1. The Hall–Kier alpha value is -2.81. The van der Waals surface area contributed by atoms with Crippen molar-refractivity contribution >= 4 is 26.8 Å². The number of methoxy groups -OCH3 is 1. The molecule has 2 aromatic heterocycles. The number of hydrogen-bond donors (Lipinski definition) is 2. The molecule has 8 nitrogen and oxygen atoms in total. The number of carbonyl (C=O) groups excluding carboxylic acids is 1. The molecule has 2 N–H and O–H groups in total. The van der Waals surface area contributed by atoms with Gasteiger partial charge in [0.1, 0.15) is 11.4 Å². The van der Waals surface area contributed by atoms with Crippen molar-refractivity contribution in [3.05, 3.63) is 41.4 Å². The zero-order valence-corrected chi connectivity index (χ0v) is 14.7. The van der Waals surface area contributed by atoms with Gasteiger partial charge >= 0.3 is 0 Å². The average molecular weight is 363 g/mol. The van der Waals surface area contributed by atoms with Crippen molar-refractivity contribution in [1.82, 2.24) is 14.9 Å². The number of nitrogens with one attached hydrogen (secondary N) is 2. The average Bonchev–Trinajstić information content (AvgIpc) is 3.10. The molecule has 0 spiro atoms. The van der Waals surface area contributed by atoms with Crippen LogP contribution in [0, 0.1) is 13.8 Å². The Labute approximate surface area is 144 Å². The minimum atomic E-state index is -4.04. The quantitative estimate of drug-likeness (QED) is 0.715. The van der Waals surface area contributed by atoms with Gasteiger partial charge in [0.15, 0.2) is 10.7 Å². The smallest absolute Gasteiger partial charge is 0.269 e. The van der Waals surface area contributed by atoms with Crippen LogP contribution in [0.4, 0.5) is 0 Å². The number of hydrogen-bond acceptors (Lipinski definition) is 6. The van der Waals surface area contributed by atoms with Gasteiger partial charge in [-0.3, -0.25) is 4.79 Å². The van der Waals surface area contributed by atoms with Crippen molar-refractivity contribution < 1.29 is 22.5 Å². The van der Waals surface area contributed by atoms with Crippen LogP contribution in [0.25, 0.3) is 10.9 Å². The number of benzene rings is 1. The van der Waals surface area contributed by atoms with E-state index in [1.165, 1.54) is 13.8 Å². The minimum Gasteiger partial charge on any atom is -0.497 e. The van der Waals surface area contributed by atoms with E-state index in [2.05, 4.69) is 14.9 Å². The third-order valence-corrected chi connectivity index (χ3v) is 5.43. The van der Waals surface area contributed by atoms with E-state index in [0.29, 0.717) is 11.3 Å². The summed E-state index contributed by atoms with van der Waals surface area (Å²) < 4.78 is 36.8. The van der Waals surface area contributed by atoms with Gasteiger partial charge < -0.3 is 14.2 Å². The van der Waals surface area contributed by atoms with Gasteiger partial charge in [-0.25, -0.2) is 13.1 Å². The van der Waals surface area contributed by atoms with E-state index in [4.69, 9.17) is 9.26 Å². The van der Waals surface area contributed by atoms with E-state index in [0.717, 1.165) is 10.9 Å². The van der Waals surface area contributed by atoms with Crippen LogP contribution in [0.5, 0.6) is 5.75 Å². The first kappa shape index (κ1) is 17.0. The van der Waals surface area contributed by atoms with Crippen LogP contribution in [0.1, 0.15) is 17.0 Å². The molecule has 0 aliphatic rings. The summed E-state index contributed by atoms with van der Waals surface area (Å²) in [6.07, 6.45) is 1.57. The van der Waals surface area contributed by atoms with Gasteiger partial charge in [0.25, 0.3) is 10.0 Å². The van der Waals surface area contributed by atoms with Gasteiger partial charge in [-0.05, 0) is 37.6 Å². The van der Waals surface area contributed by atoms with Crippen LogP contribution in [0.15, 0.2) is 33.8 Å². The summed E-state index contributed by atoms with van der Waals surface area (Å²) in [5, 5.41) is 4.40. The summed E-state index contributed by atoms with van der Waals surface area (Å²) in [5.41, 5.74) is 1.70. The maximum atomic E-state index is 12.4. The highest BCUT2D eigenvalue weighted by atomic mass is 32.2. The molecule has 2 heterocycles. The second-order valence-corrected chi connectivity index (χ2v) is 7.20. The maximum absolute atomic E-state index is 12.4. The van der Waals surface area contributed by atoms with E-state index in [1.54, 1.807) is 25.4 Å². The molecular weight excluding hydrogens is 346 g/mol. The first-order valence-corrected chi connectivity index (χ1v) is 8.92. The molecule has 0 saturated heterocycles. The third kappa shape index (κ3) is 3.22. The van der Waals surface area contributed by atoms with Crippen molar-refractivity contribution in [2.75, 3.05) is 7.11 Å². The number of aromatic amines is 1. The molecule has 0 bridgehead atoms. The number of sulfonamides is 1. The van der Waals surface area contributed by atoms with Crippen molar-refractivity contribution in [2.24, 2.45) is 0 Å². The van der Waals surface area contributed by atoms with Crippen LogP contribution in [0.2, 0.25) is 0 Å². The van der Waals surface area contributed by atoms with Gasteiger partial charge in [0.2, 0.25) is 5.91 Å². The maximum Gasteiger partial charge on any atom is 0.269 e. The lowest BCUT2D eigenvalue weighted by atomic mass is 10.1. The van der Waals surface area contributed by atoms with Gasteiger partial charge in [-0.1, -0.05) is 5.16 Å². The second-order valence-electron chi connectivity index (χ2n) is 5.58. The minimum absolute atomic E-state index is 0.101. The molecule has 3 rings (SSSR count). The Bertz CT molecular complexity index is 1030. The fourth-order valence-electron chi connectivity index (χ4n) is 2.70. The molecule has 0 aliphatic carbocycles. The SMILES string of the molecule is COc1ccc2[nH]cc(CC(=O)NS(=O)(=O)c3c(C)noc3C)c2c1. The summed E-state index contributed by atoms with van der Waals surface area (Å²) in [6.45, 7) is 2.98. The zero-order chi connectivity index (χ0) is 18.2. The third-order valence-electron chi connectivity index (χ3n) is 3.81. The lowest BCUT2D eigenvalue weighted by Gasteiger charge is -2.06. The lowest BCUT2D eigenvalue weighted by Crippen LogP contribution is -2.32. The Morgan fingerprint density at radius 3 is 2.76 bits per heavy atom. The van der Waals surface area contributed by atoms with Gasteiger partial charge in [-0.15, -0.1) is 0 Å². The first-order valence-electron chi connectivity index (χ1n) is 7.44. The number of fused-ring (bicyclic) bond motifs is 1. The normalized spacial score (nSPS) is 11.6. The Balaban J connectivity index is 1.84. The van der Waals surface area contributed by atoms with E-state index < -0.39 is 15.9 Å². The zero-order valence-electron chi connectivity index (χ0n) is 13.9. The van der Waals surface area contributed by atoms with E-state index >= 15 is 0 Å². The van der Waals surface area contributed by atoms with Crippen molar-refractivity contribution in [1.29, 1.82) is 0 Å². The Morgan fingerprint density at radius 1 is 1.36 bits per heavy atom. The van der Waals surface area contributed by atoms with E-state index in [1.807, 2.05) is 6.07 Å². The Morgan fingerprint density at radius 2 is 2.12 bits per heavy atom. The Kier molecular flexibility index (Phi) is 4.25. The first-order chi connectivity index (χ1) is 11.8. The number of aromatic nitrogens is 2. The predicted molar refractivity (Wildman–Crippen MR) is 89.9 cm³/mol. The fourth-order valence-corrected chi connectivity index (χ4v) is 4.01. The van der Waals surface area contributed by atoms with Gasteiger partial charge in [0, 0.05) is 17.1 Å². The number of amides is 1. The summed E-state index contributed by atoms with van der Waals surface area (Å²) in [6, 6.07) is 5.41.